The molecule has 0 atom stereocenters. The number of carbonyl (C=O) groups is 1. The second-order valence-electron chi connectivity index (χ2n) is 4.31. The molecule has 20 heavy (non-hydrogen) atoms. The van der Waals surface area contributed by atoms with E-state index >= 15 is 0 Å². The Bertz CT molecular complexity index is 764. The number of carbonyl (C=O) groups excluding carboxylic acids is 1. The number of nitrogens with one attached hydrogen (secondary N) is 1. The van der Waals surface area contributed by atoms with Gasteiger partial charge in [0.1, 0.15) is 0 Å². The zero-order valence-electron chi connectivity index (χ0n) is 10.5. The molecule has 0 bridgehead atoms. The van der Waals surface area contributed by atoms with Crippen molar-refractivity contribution in [3.63, 3.8) is 0 Å². The lowest BCUT2D eigenvalue weighted by Gasteiger charge is -2.07. The first-order chi connectivity index (χ1) is 9.72. The summed E-state index contributed by atoms with van der Waals surface area (Å²) >= 11 is 4.97. The number of halogens is 1. The first kappa shape index (κ1) is 13.3. The van der Waals surface area contributed by atoms with Crippen LogP contribution in [0.4, 0.5) is 5.69 Å². The quantitative estimate of drug-likeness (QED) is 0.770. The molecule has 100 valence electrons. The summed E-state index contributed by atoms with van der Waals surface area (Å²) in [6.45, 7) is 0. The lowest BCUT2D eigenvalue weighted by Crippen LogP contribution is -2.14. The van der Waals surface area contributed by atoms with Crippen molar-refractivity contribution in [2.75, 3.05) is 5.32 Å². The Morgan fingerprint density at radius 2 is 2.05 bits per heavy atom. The topological polar surface area (TPSA) is 42.0 Å². The van der Waals surface area contributed by atoms with Gasteiger partial charge in [-0.05, 0) is 40.2 Å². The third-order valence-electron chi connectivity index (χ3n) is 2.87. The highest BCUT2D eigenvalue weighted by atomic mass is 79.9. The molecule has 0 unspecified atom stereocenters. The highest BCUT2D eigenvalue weighted by Crippen LogP contribution is 2.24. The first-order valence-corrected chi connectivity index (χ1v) is 7.71. The molecule has 0 aliphatic heterocycles. The van der Waals surface area contributed by atoms with Crippen LogP contribution in [0.1, 0.15) is 4.88 Å². The van der Waals surface area contributed by atoms with Gasteiger partial charge in [-0.15, -0.1) is 11.3 Å². The van der Waals surface area contributed by atoms with E-state index in [-0.39, 0.29) is 5.91 Å². The fraction of sp³-hybridized carbons (Fsp3) is 0.0667. The van der Waals surface area contributed by atoms with Crippen LogP contribution in [0.5, 0.6) is 0 Å². The Hall–Kier alpha value is -1.72. The zero-order chi connectivity index (χ0) is 13.9. The van der Waals surface area contributed by atoms with Crippen LogP contribution in [0.25, 0.3) is 10.9 Å². The zero-order valence-corrected chi connectivity index (χ0v) is 12.9. The summed E-state index contributed by atoms with van der Waals surface area (Å²) in [4.78, 5) is 17.4. The molecule has 3 nitrogen and oxygen atoms in total. The van der Waals surface area contributed by atoms with Gasteiger partial charge in [0.05, 0.1) is 21.4 Å². The van der Waals surface area contributed by atoms with E-state index < -0.39 is 0 Å². The summed E-state index contributed by atoms with van der Waals surface area (Å²) in [5.74, 6) is -0.0301. The van der Waals surface area contributed by atoms with Crippen LogP contribution in [0.3, 0.4) is 0 Å². The standard InChI is InChI=1S/C15H11BrN2OS/c16-13-7-6-11(20-13)9-14(19)18-12-5-1-3-10-4-2-8-17-15(10)12/h1-8H,9H2,(H,18,19). The normalized spacial score (nSPS) is 10.7. The highest BCUT2D eigenvalue weighted by Gasteiger charge is 2.08. The van der Waals surface area contributed by atoms with Gasteiger partial charge in [-0.25, -0.2) is 0 Å². The molecule has 2 aromatic heterocycles. The molecule has 0 aliphatic rings. The van der Waals surface area contributed by atoms with E-state index in [1.807, 2.05) is 42.5 Å². The second-order valence-corrected chi connectivity index (χ2v) is 6.86. The van der Waals surface area contributed by atoms with Crippen molar-refractivity contribution in [3.05, 3.63) is 57.3 Å². The maximum Gasteiger partial charge on any atom is 0.229 e. The molecule has 0 saturated heterocycles. The van der Waals surface area contributed by atoms with Crippen LogP contribution >= 0.6 is 27.3 Å². The number of pyridine rings is 1. The van der Waals surface area contributed by atoms with Crippen molar-refractivity contribution in [2.24, 2.45) is 0 Å². The van der Waals surface area contributed by atoms with Crippen LogP contribution in [0, 0.1) is 0 Å². The van der Waals surface area contributed by atoms with Gasteiger partial charge in [0.2, 0.25) is 5.91 Å². The maximum absolute atomic E-state index is 12.1. The number of rotatable bonds is 3. The molecule has 0 radical (unpaired) electrons. The SMILES string of the molecule is O=C(Cc1ccc(Br)s1)Nc1cccc2cccnc12. The average Bonchev–Trinajstić information content (AvgIpc) is 2.84. The van der Waals surface area contributed by atoms with Gasteiger partial charge in [-0.1, -0.05) is 18.2 Å². The van der Waals surface area contributed by atoms with E-state index in [1.54, 1.807) is 17.5 Å². The molecular weight excluding hydrogens is 336 g/mol. The molecular formula is C15H11BrN2OS. The van der Waals surface area contributed by atoms with Gasteiger partial charge in [-0.3, -0.25) is 9.78 Å². The minimum absolute atomic E-state index is 0.0301. The number of para-hydroxylation sites is 1. The van der Waals surface area contributed by atoms with Crippen LogP contribution in [0.2, 0.25) is 0 Å². The molecule has 0 saturated carbocycles. The molecule has 1 aromatic carbocycles. The summed E-state index contributed by atoms with van der Waals surface area (Å²) in [7, 11) is 0. The summed E-state index contributed by atoms with van der Waals surface area (Å²) in [6, 6.07) is 13.5. The summed E-state index contributed by atoms with van der Waals surface area (Å²) in [6.07, 6.45) is 2.11. The molecule has 2 heterocycles. The minimum atomic E-state index is -0.0301. The number of anilines is 1. The third kappa shape index (κ3) is 2.89. The van der Waals surface area contributed by atoms with Crippen molar-refractivity contribution in [3.8, 4) is 0 Å². The van der Waals surface area contributed by atoms with E-state index in [1.165, 1.54) is 0 Å². The number of thiophene rings is 1. The van der Waals surface area contributed by atoms with Crippen molar-refractivity contribution >= 4 is 49.8 Å². The van der Waals surface area contributed by atoms with E-state index in [0.717, 1.165) is 25.3 Å². The molecule has 5 heteroatoms. The molecule has 0 spiro atoms. The number of nitrogens with zero attached hydrogens (tertiary/aromatic N) is 1. The Morgan fingerprint density at radius 3 is 2.85 bits per heavy atom. The predicted molar refractivity (Wildman–Crippen MR) is 86.1 cm³/mol. The number of fused-ring (bicyclic) bond motifs is 1. The summed E-state index contributed by atoms with van der Waals surface area (Å²) in [5, 5.41) is 3.95. The Morgan fingerprint density at radius 1 is 1.20 bits per heavy atom. The van der Waals surface area contributed by atoms with Gasteiger partial charge in [0.15, 0.2) is 0 Å². The fourth-order valence-corrected chi connectivity index (χ4v) is 3.49. The largest absolute Gasteiger partial charge is 0.324 e. The molecule has 0 fully saturated rings. The molecule has 1 N–H and O–H groups in total. The Labute approximate surface area is 128 Å². The lowest BCUT2D eigenvalue weighted by atomic mass is 10.2. The van der Waals surface area contributed by atoms with E-state index in [4.69, 9.17) is 0 Å². The number of aromatic nitrogens is 1. The number of benzene rings is 1. The third-order valence-corrected chi connectivity index (χ3v) is 4.49. The van der Waals surface area contributed by atoms with E-state index in [9.17, 15) is 4.79 Å². The molecule has 3 rings (SSSR count). The van der Waals surface area contributed by atoms with Crippen molar-refractivity contribution in [1.82, 2.24) is 4.98 Å². The van der Waals surface area contributed by atoms with Crippen molar-refractivity contribution in [1.29, 1.82) is 0 Å². The van der Waals surface area contributed by atoms with Gasteiger partial charge >= 0.3 is 0 Å². The predicted octanol–water partition coefficient (Wildman–Crippen LogP) is 4.24. The van der Waals surface area contributed by atoms with Gasteiger partial charge in [-0.2, -0.15) is 0 Å². The first-order valence-electron chi connectivity index (χ1n) is 6.10. The van der Waals surface area contributed by atoms with Gasteiger partial charge < -0.3 is 5.32 Å². The monoisotopic (exact) mass is 346 g/mol. The Balaban J connectivity index is 1.81. The van der Waals surface area contributed by atoms with Gasteiger partial charge in [0, 0.05) is 16.5 Å². The second kappa shape index (κ2) is 5.73. The van der Waals surface area contributed by atoms with Crippen molar-refractivity contribution < 1.29 is 4.79 Å². The molecule has 1 amide bonds. The minimum Gasteiger partial charge on any atom is -0.324 e. The fourth-order valence-electron chi connectivity index (χ4n) is 2.00. The number of hydrogen-bond donors (Lipinski definition) is 1. The summed E-state index contributed by atoms with van der Waals surface area (Å²) < 4.78 is 1.03. The lowest BCUT2D eigenvalue weighted by molar-refractivity contribution is -0.115. The number of hydrogen-bond acceptors (Lipinski definition) is 3. The van der Waals surface area contributed by atoms with Crippen LogP contribution in [-0.4, -0.2) is 10.9 Å². The molecule has 0 aliphatic carbocycles. The smallest absolute Gasteiger partial charge is 0.229 e. The van der Waals surface area contributed by atoms with Crippen LogP contribution in [-0.2, 0) is 11.2 Å². The highest BCUT2D eigenvalue weighted by molar-refractivity contribution is 9.11. The van der Waals surface area contributed by atoms with E-state index in [2.05, 4.69) is 26.2 Å². The van der Waals surface area contributed by atoms with Crippen LogP contribution in [0.15, 0.2) is 52.4 Å². The maximum atomic E-state index is 12.1. The van der Waals surface area contributed by atoms with E-state index in [0.29, 0.717) is 6.42 Å². The molecule has 3 aromatic rings. The van der Waals surface area contributed by atoms with Crippen molar-refractivity contribution in [2.45, 2.75) is 6.42 Å². The van der Waals surface area contributed by atoms with Crippen LogP contribution < -0.4 is 5.32 Å². The van der Waals surface area contributed by atoms with Gasteiger partial charge in [0.25, 0.3) is 0 Å². The average molecular weight is 347 g/mol. The Kier molecular flexibility index (Phi) is 3.80. The summed E-state index contributed by atoms with van der Waals surface area (Å²) in [5.41, 5.74) is 1.57. The number of amides is 1.